The summed E-state index contributed by atoms with van der Waals surface area (Å²) in [5, 5.41) is 6.83. The number of nitrogens with one attached hydrogen (secondary N) is 1. The fraction of sp³-hybridized carbons (Fsp3) is 0.667. The van der Waals surface area contributed by atoms with Gasteiger partial charge in [0.1, 0.15) is 0 Å². The molecule has 0 aliphatic carbocycles. The summed E-state index contributed by atoms with van der Waals surface area (Å²) in [7, 11) is 0. The van der Waals surface area contributed by atoms with Gasteiger partial charge in [-0.3, -0.25) is 0 Å². The van der Waals surface area contributed by atoms with E-state index >= 15 is 0 Å². The van der Waals surface area contributed by atoms with E-state index in [4.69, 9.17) is 5.41 Å². The molecule has 0 bridgehead atoms. The van der Waals surface area contributed by atoms with Crippen LogP contribution in [-0.4, -0.2) is 17.2 Å². The van der Waals surface area contributed by atoms with Crippen molar-refractivity contribution in [1.29, 1.82) is 5.41 Å². The van der Waals surface area contributed by atoms with Crippen LogP contribution in [0.5, 0.6) is 0 Å². The van der Waals surface area contributed by atoms with E-state index in [1.54, 1.807) is 0 Å². The average molecular weight is 121 g/mol. The SMILES string of the molecule is N=C(CS)CS. The van der Waals surface area contributed by atoms with Crippen LogP contribution in [0.2, 0.25) is 0 Å². The summed E-state index contributed by atoms with van der Waals surface area (Å²) in [5.74, 6) is 1.06. The first-order chi connectivity index (χ1) is 2.81. The Kier molecular flexibility index (Phi) is 3.78. The Balaban J connectivity index is 2.99. The number of hydrogen-bond donors (Lipinski definition) is 3. The molecule has 0 aliphatic heterocycles. The van der Waals surface area contributed by atoms with E-state index in [9.17, 15) is 0 Å². The Bertz CT molecular complexity index is 46.8. The van der Waals surface area contributed by atoms with Crippen LogP contribution in [0.3, 0.4) is 0 Å². The Morgan fingerprint density at radius 1 is 1.33 bits per heavy atom. The van der Waals surface area contributed by atoms with E-state index in [1.807, 2.05) is 0 Å². The minimum atomic E-state index is 0.531. The van der Waals surface area contributed by atoms with Crippen LogP contribution in [0.4, 0.5) is 0 Å². The van der Waals surface area contributed by atoms with Gasteiger partial charge in [-0.25, -0.2) is 0 Å². The molecule has 0 saturated heterocycles. The number of thiol groups is 2. The molecule has 6 heavy (non-hydrogen) atoms. The topological polar surface area (TPSA) is 23.9 Å². The summed E-state index contributed by atoms with van der Waals surface area (Å²) in [6.07, 6.45) is 0. The molecule has 0 atom stereocenters. The second kappa shape index (κ2) is 3.56. The van der Waals surface area contributed by atoms with Crippen LogP contribution in [0.1, 0.15) is 0 Å². The first-order valence-electron chi connectivity index (χ1n) is 1.59. The zero-order valence-corrected chi connectivity index (χ0v) is 5.10. The van der Waals surface area contributed by atoms with Gasteiger partial charge in [-0.05, 0) is 0 Å². The van der Waals surface area contributed by atoms with Crippen molar-refractivity contribution in [2.45, 2.75) is 0 Å². The number of hydrogen-bond acceptors (Lipinski definition) is 3. The lowest BCUT2D eigenvalue weighted by atomic mass is 10.5. The molecule has 0 aromatic heterocycles. The molecule has 1 nitrogen and oxygen atoms in total. The summed E-state index contributed by atoms with van der Waals surface area (Å²) < 4.78 is 0. The van der Waals surface area contributed by atoms with Gasteiger partial charge in [0.15, 0.2) is 0 Å². The van der Waals surface area contributed by atoms with E-state index in [0.29, 0.717) is 17.2 Å². The van der Waals surface area contributed by atoms with Crippen molar-refractivity contribution in [2.24, 2.45) is 0 Å². The van der Waals surface area contributed by atoms with Crippen molar-refractivity contribution in [3.05, 3.63) is 0 Å². The standard InChI is InChI=1S/C3H7NS2/c4-3(1-5)2-6/h4-6H,1-2H2. The normalized spacial score (nSPS) is 8.33. The predicted molar refractivity (Wildman–Crippen MR) is 35.4 cm³/mol. The van der Waals surface area contributed by atoms with Gasteiger partial charge in [-0.2, -0.15) is 25.3 Å². The third kappa shape index (κ3) is 2.60. The first-order valence-corrected chi connectivity index (χ1v) is 2.85. The molecule has 36 valence electrons. The van der Waals surface area contributed by atoms with Crippen LogP contribution in [-0.2, 0) is 0 Å². The van der Waals surface area contributed by atoms with Crippen LogP contribution in [0.15, 0.2) is 0 Å². The molecule has 0 heterocycles. The van der Waals surface area contributed by atoms with E-state index in [1.165, 1.54) is 0 Å². The Labute approximate surface area is 48.5 Å². The molecular formula is C3H7NS2. The van der Waals surface area contributed by atoms with Crippen LogP contribution in [0.25, 0.3) is 0 Å². The number of rotatable bonds is 2. The molecule has 0 spiro atoms. The molecular weight excluding hydrogens is 114 g/mol. The maximum atomic E-state index is 6.83. The van der Waals surface area contributed by atoms with E-state index < -0.39 is 0 Å². The summed E-state index contributed by atoms with van der Waals surface area (Å²) in [4.78, 5) is 0. The van der Waals surface area contributed by atoms with E-state index in [0.717, 1.165) is 0 Å². The van der Waals surface area contributed by atoms with Gasteiger partial charge in [0.05, 0.1) is 0 Å². The summed E-state index contributed by atoms with van der Waals surface area (Å²) >= 11 is 7.64. The zero-order chi connectivity index (χ0) is 4.99. The lowest BCUT2D eigenvalue weighted by Gasteiger charge is -1.85. The monoisotopic (exact) mass is 121 g/mol. The summed E-state index contributed by atoms with van der Waals surface area (Å²) in [5.41, 5.74) is 0.571. The molecule has 0 unspecified atom stereocenters. The maximum Gasteiger partial charge on any atom is 0.0289 e. The quantitative estimate of drug-likeness (QED) is 0.357. The highest BCUT2D eigenvalue weighted by Crippen LogP contribution is 1.80. The second-order valence-corrected chi connectivity index (χ2v) is 1.55. The molecule has 0 fully saturated rings. The highest BCUT2D eigenvalue weighted by atomic mass is 32.1. The smallest absolute Gasteiger partial charge is 0.0289 e. The van der Waals surface area contributed by atoms with Crippen molar-refractivity contribution in [2.75, 3.05) is 11.5 Å². The molecule has 0 radical (unpaired) electrons. The maximum absolute atomic E-state index is 6.83. The Morgan fingerprint density at radius 3 is 1.67 bits per heavy atom. The van der Waals surface area contributed by atoms with Gasteiger partial charge in [-0.15, -0.1) is 0 Å². The Morgan fingerprint density at radius 2 is 1.67 bits per heavy atom. The zero-order valence-electron chi connectivity index (χ0n) is 3.31. The van der Waals surface area contributed by atoms with Gasteiger partial charge < -0.3 is 5.41 Å². The molecule has 0 amide bonds. The summed E-state index contributed by atoms with van der Waals surface area (Å²) in [6, 6.07) is 0. The van der Waals surface area contributed by atoms with Crippen molar-refractivity contribution >= 4 is 31.0 Å². The highest BCUT2D eigenvalue weighted by molar-refractivity contribution is 7.82. The van der Waals surface area contributed by atoms with Crippen LogP contribution < -0.4 is 0 Å². The van der Waals surface area contributed by atoms with Crippen molar-refractivity contribution in [3.63, 3.8) is 0 Å². The third-order valence-electron chi connectivity index (χ3n) is 0.382. The minimum Gasteiger partial charge on any atom is -0.308 e. The molecule has 3 heteroatoms. The average Bonchev–Trinajstić information content (AvgIpc) is 1.65. The molecule has 0 rings (SSSR count). The van der Waals surface area contributed by atoms with Gasteiger partial charge in [-0.1, -0.05) is 0 Å². The van der Waals surface area contributed by atoms with Gasteiger partial charge in [0, 0.05) is 17.2 Å². The first kappa shape index (κ1) is 6.37. The highest BCUT2D eigenvalue weighted by Gasteiger charge is 1.82. The van der Waals surface area contributed by atoms with E-state index in [2.05, 4.69) is 25.3 Å². The molecule has 0 saturated carbocycles. The summed E-state index contributed by atoms with van der Waals surface area (Å²) in [6.45, 7) is 0. The molecule has 0 aromatic carbocycles. The fourth-order valence-corrected chi connectivity index (χ4v) is 0.450. The predicted octanol–water partition coefficient (Wildman–Crippen LogP) is 0.866. The van der Waals surface area contributed by atoms with Crippen molar-refractivity contribution < 1.29 is 0 Å². The third-order valence-corrected chi connectivity index (χ3v) is 1.15. The Hall–Kier alpha value is 0.370. The van der Waals surface area contributed by atoms with Crippen LogP contribution >= 0.6 is 25.3 Å². The molecule has 0 aliphatic rings. The fourth-order valence-electron chi connectivity index (χ4n) is 0.0500. The minimum absolute atomic E-state index is 0.531. The van der Waals surface area contributed by atoms with Gasteiger partial charge in [0.2, 0.25) is 0 Å². The van der Waals surface area contributed by atoms with Gasteiger partial charge >= 0.3 is 0 Å². The van der Waals surface area contributed by atoms with Crippen molar-refractivity contribution in [1.82, 2.24) is 0 Å². The largest absolute Gasteiger partial charge is 0.308 e. The molecule has 0 aromatic rings. The second-order valence-electron chi connectivity index (χ2n) is 0.920. The lowest BCUT2D eigenvalue weighted by Crippen LogP contribution is -1.97. The van der Waals surface area contributed by atoms with Gasteiger partial charge in [0.25, 0.3) is 0 Å². The van der Waals surface area contributed by atoms with E-state index in [-0.39, 0.29) is 0 Å². The lowest BCUT2D eigenvalue weighted by molar-refractivity contribution is 1.47. The van der Waals surface area contributed by atoms with Crippen molar-refractivity contribution in [3.8, 4) is 0 Å². The molecule has 1 N–H and O–H groups in total. The van der Waals surface area contributed by atoms with Crippen LogP contribution in [0, 0.1) is 5.41 Å².